The topological polar surface area (TPSA) is 79.1 Å². The van der Waals surface area contributed by atoms with E-state index in [9.17, 15) is 4.79 Å². The van der Waals surface area contributed by atoms with Crippen LogP contribution in [0.4, 0.5) is 0 Å². The van der Waals surface area contributed by atoms with Crippen molar-refractivity contribution in [1.82, 2.24) is 19.7 Å². The SMILES string of the molecule is COc1cc(-n2ncc(OC)c(Cl)c2=O)nc(-c2ccccc2)n1. The van der Waals surface area contributed by atoms with Gasteiger partial charge in [0.05, 0.1) is 20.4 Å². The highest BCUT2D eigenvalue weighted by molar-refractivity contribution is 6.31. The second-order valence-electron chi connectivity index (χ2n) is 4.70. The largest absolute Gasteiger partial charge is 0.493 e. The van der Waals surface area contributed by atoms with Gasteiger partial charge in [-0.05, 0) is 0 Å². The van der Waals surface area contributed by atoms with E-state index in [4.69, 9.17) is 21.1 Å². The predicted octanol–water partition coefficient (Wildman–Crippen LogP) is 2.36. The van der Waals surface area contributed by atoms with E-state index in [1.165, 1.54) is 26.5 Å². The molecule has 7 nitrogen and oxygen atoms in total. The molecular weight excluding hydrogens is 332 g/mol. The summed E-state index contributed by atoms with van der Waals surface area (Å²) in [6.07, 6.45) is 1.35. The van der Waals surface area contributed by atoms with Gasteiger partial charge in [-0.15, -0.1) is 0 Å². The van der Waals surface area contributed by atoms with Crippen LogP contribution in [0.1, 0.15) is 0 Å². The second-order valence-corrected chi connectivity index (χ2v) is 5.08. The quantitative estimate of drug-likeness (QED) is 0.723. The summed E-state index contributed by atoms with van der Waals surface area (Å²) in [5, 5.41) is 3.96. The molecule has 3 aromatic rings. The van der Waals surface area contributed by atoms with Crippen LogP contribution in [0.25, 0.3) is 17.2 Å². The number of hydrogen-bond acceptors (Lipinski definition) is 6. The van der Waals surface area contributed by atoms with Crippen LogP contribution >= 0.6 is 11.6 Å². The molecule has 8 heteroatoms. The third-order valence-corrected chi connectivity index (χ3v) is 3.60. The standard InChI is InChI=1S/C16H13ClN4O3/c1-23-11-9-18-21(16(22)14(11)17)12-8-13(24-2)20-15(19-12)10-6-4-3-5-7-10/h3-9H,1-2H3. The summed E-state index contributed by atoms with van der Waals surface area (Å²) in [6.45, 7) is 0. The molecule has 0 saturated carbocycles. The van der Waals surface area contributed by atoms with Crippen LogP contribution < -0.4 is 15.0 Å². The van der Waals surface area contributed by atoms with Crippen LogP contribution in [-0.2, 0) is 0 Å². The number of benzene rings is 1. The molecule has 2 heterocycles. The Labute approximate surface area is 142 Å². The molecule has 0 bridgehead atoms. The van der Waals surface area contributed by atoms with Crippen molar-refractivity contribution in [2.45, 2.75) is 0 Å². The molecule has 0 amide bonds. The van der Waals surface area contributed by atoms with Gasteiger partial charge in [-0.25, -0.2) is 4.98 Å². The molecular formula is C16H13ClN4O3. The molecule has 122 valence electrons. The van der Waals surface area contributed by atoms with E-state index >= 15 is 0 Å². The van der Waals surface area contributed by atoms with Crippen LogP contribution in [0.2, 0.25) is 5.02 Å². The van der Waals surface area contributed by atoms with Gasteiger partial charge in [0.1, 0.15) is 0 Å². The minimum Gasteiger partial charge on any atom is -0.493 e. The first-order chi connectivity index (χ1) is 11.6. The summed E-state index contributed by atoms with van der Waals surface area (Å²) in [7, 11) is 2.89. The molecule has 3 rings (SSSR count). The summed E-state index contributed by atoms with van der Waals surface area (Å²) < 4.78 is 11.3. The van der Waals surface area contributed by atoms with Crippen molar-refractivity contribution in [3.8, 4) is 28.8 Å². The van der Waals surface area contributed by atoms with Gasteiger partial charge < -0.3 is 9.47 Å². The fourth-order valence-corrected chi connectivity index (χ4v) is 2.27. The van der Waals surface area contributed by atoms with Crippen LogP contribution in [0.3, 0.4) is 0 Å². The van der Waals surface area contributed by atoms with Crippen molar-refractivity contribution < 1.29 is 9.47 Å². The van der Waals surface area contributed by atoms with Crippen molar-refractivity contribution in [3.63, 3.8) is 0 Å². The maximum absolute atomic E-state index is 12.4. The molecule has 0 aliphatic rings. The Kier molecular flexibility index (Phi) is 4.43. The number of ether oxygens (including phenoxy) is 2. The molecule has 2 aromatic heterocycles. The molecule has 0 spiro atoms. The maximum Gasteiger partial charge on any atom is 0.295 e. The van der Waals surface area contributed by atoms with Gasteiger partial charge >= 0.3 is 0 Å². The highest BCUT2D eigenvalue weighted by Gasteiger charge is 2.15. The Hall–Kier alpha value is -2.93. The van der Waals surface area contributed by atoms with E-state index in [0.29, 0.717) is 11.7 Å². The third kappa shape index (κ3) is 2.93. The van der Waals surface area contributed by atoms with Crippen molar-refractivity contribution in [2.24, 2.45) is 0 Å². The number of methoxy groups -OCH3 is 2. The summed E-state index contributed by atoms with van der Waals surface area (Å²) in [4.78, 5) is 21.1. The summed E-state index contributed by atoms with van der Waals surface area (Å²) in [5.74, 6) is 1.16. The lowest BCUT2D eigenvalue weighted by molar-refractivity contribution is 0.396. The van der Waals surface area contributed by atoms with E-state index < -0.39 is 5.56 Å². The first-order valence-corrected chi connectivity index (χ1v) is 7.32. The summed E-state index contributed by atoms with van der Waals surface area (Å²) in [6, 6.07) is 10.8. The predicted molar refractivity (Wildman–Crippen MR) is 89.0 cm³/mol. The van der Waals surface area contributed by atoms with Crippen molar-refractivity contribution in [3.05, 3.63) is 58.0 Å². The van der Waals surface area contributed by atoms with Crippen LogP contribution in [0.15, 0.2) is 47.4 Å². The van der Waals surface area contributed by atoms with Gasteiger partial charge in [0.2, 0.25) is 5.88 Å². The zero-order valence-corrected chi connectivity index (χ0v) is 13.7. The van der Waals surface area contributed by atoms with Crippen molar-refractivity contribution >= 4 is 11.6 Å². The highest BCUT2D eigenvalue weighted by atomic mass is 35.5. The maximum atomic E-state index is 12.4. The number of halogens is 1. The molecule has 0 N–H and O–H groups in total. The van der Waals surface area contributed by atoms with Gasteiger partial charge in [0, 0.05) is 11.6 Å². The zero-order valence-electron chi connectivity index (χ0n) is 12.9. The zero-order chi connectivity index (χ0) is 17.1. The van der Waals surface area contributed by atoms with Crippen molar-refractivity contribution in [2.75, 3.05) is 14.2 Å². The van der Waals surface area contributed by atoms with E-state index in [1.54, 1.807) is 0 Å². The first-order valence-electron chi connectivity index (χ1n) is 6.94. The number of aromatic nitrogens is 4. The minimum atomic E-state index is -0.546. The molecule has 1 aromatic carbocycles. The van der Waals surface area contributed by atoms with Crippen molar-refractivity contribution in [1.29, 1.82) is 0 Å². The van der Waals surface area contributed by atoms with Gasteiger partial charge in [0.25, 0.3) is 5.56 Å². The molecule has 0 saturated heterocycles. The molecule has 0 radical (unpaired) electrons. The number of rotatable bonds is 4. The van der Waals surface area contributed by atoms with E-state index in [2.05, 4.69) is 15.1 Å². The minimum absolute atomic E-state index is 0.0775. The fraction of sp³-hybridized carbons (Fsp3) is 0.125. The molecule has 0 unspecified atom stereocenters. The molecule has 0 atom stereocenters. The average Bonchev–Trinajstić information content (AvgIpc) is 2.64. The molecule has 0 fully saturated rings. The first kappa shape index (κ1) is 15.9. The van der Waals surface area contributed by atoms with Gasteiger partial charge in [-0.2, -0.15) is 14.8 Å². The second kappa shape index (κ2) is 6.67. The monoisotopic (exact) mass is 344 g/mol. The lowest BCUT2D eigenvalue weighted by Crippen LogP contribution is -2.23. The third-order valence-electron chi connectivity index (χ3n) is 3.25. The fourth-order valence-electron chi connectivity index (χ4n) is 2.07. The Morgan fingerprint density at radius 3 is 2.50 bits per heavy atom. The Bertz CT molecular complexity index is 928. The highest BCUT2D eigenvalue weighted by Crippen LogP contribution is 2.22. The lowest BCUT2D eigenvalue weighted by Gasteiger charge is -2.09. The summed E-state index contributed by atoms with van der Waals surface area (Å²) >= 11 is 6.01. The Balaban J connectivity index is 2.19. The Morgan fingerprint density at radius 2 is 1.83 bits per heavy atom. The smallest absolute Gasteiger partial charge is 0.295 e. The van der Waals surface area contributed by atoms with E-state index in [-0.39, 0.29) is 16.6 Å². The summed E-state index contributed by atoms with van der Waals surface area (Å²) in [5.41, 5.74) is 0.237. The normalized spacial score (nSPS) is 10.5. The number of nitrogens with zero attached hydrogens (tertiary/aromatic N) is 4. The molecule has 0 aliphatic carbocycles. The number of hydrogen-bond donors (Lipinski definition) is 0. The van der Waals surface area contributed by atoms with Gasteiger partial charge in [0.15, 0.2) is 22.4 Å². The van der Waals surface area contributed by atoms with Crippen LogP contribution in [0.5, 0.6) is 11.6 Å². The van der Waals surface area contributed by atoms with Gasteiger partial charge in [-0.3, -0.25) is 4.79 Å². The van der Waals surface area contributed by atoms with E-state index in [0.717, 1.165) is 10.2 Å². The van der Waals surface area contributed by atoms with E-state index in [1.807, 2.05) is 30.3 Å². The lowest BCUT2D eigenvalue weighted by atomic mass is 10.2. The van der Waals surface area contributed by atoms with Crippen LogP contribution in [0, 0.1) is 0 Å². The average molecular weight is 345 g/mol. The molecule has 0 aliphatic heterocycles. The van der Waals surface area contributed by atoms with Gasteiger partial charge in [-0.1, -0.05) is 41.9 Å². The van der Waals surface area contributed by atoms with Crippen LogP contribution in [-0.4, -0.2) is 34.0 Å². The molecule has 24 heavy (non-hydrogen) atoms. The Morgan fingerprint density at radius 1 is 1.08 bits per heavy atom.